The van der Waals surface area contributed by atoms with Gasteiger partial charge in [0, 0.05) is 45.2 Å². The molecule has 2 aromatic heterocycles. The minimum atomic E-state index is -3.51. The van der Waals surface area contributed by atoms with Gasteiger partial charge >= 0.3 is 0 Å². The smallest absolute Gasteiger partial charge is 0.227 e. The van der Waals surface area contributed by atoms with Crippen molar-refractivity contribution in [3.8, 4) is 22.3 Å². The Morgan fingerprint density at radius 3 is 2.25 bits per heavy atom. The third-order valence-electron chi connectivity index (χ3n) is 8.65. The molecule has 0 saturated heterocycles. The summed E-state index contributed by atoms with van der Waals surface area (Å²) in [6.07, 6.45) is 7.25. The highest BCUT2D eigenvalue weighted by molar-refractivity contribution is 7.90. The maximum Gasteiger partial charge on any atom is 0.227 e. The van der Waals surface area contributed by atoms with Crippen LogP contribution in [0.3, 0.4) is 0 Å². The lowest BCUT2D eigenvalue weighted by Gasteiger charge is -2.20. The van der Waals surface area contributed by atoms with Crippen molar-refractivity contribution < 1.29 is 13.2 Å². The van der Waals surface area contributed by atoms with E-state index < -0.39 is 9.84 Å². The van der Waals surface area contributed by atoms with Crippen molar-refractivity contribution in [2.24, 2.45) is 5.92 Å². The first-order chi connectivity index (χ1) is 21.5. The molecule has 2 heterocycles. The van der Waals surface area contributed by atoms with Gasteiger partial charge in [0.2, 0.25) is 5.91 Å². The Labute approximate surface area is 257 Å². The Hall–Kier alpha value is -4.75. The number of rotatable bonds is 7. The van der Waals surface area contributed by atoms with Gasteiger partial charge < -0.3 is 10.3 Å². The highest BCUT2D eigenvalue weighted by atomic mass is 32.2. The summed E-state index contributed by atoms with van der Waals surface area (Å²) in [6, 6.07) is 32.5. The van der Waals surface area contributed by atoms with Crippen LogP contribution in [0.15, 0.2) is 114 Å². The van der Waals surface area contributed by atoms with Crippen LogP contribution in [-0.4, -0.2) is 24.3 Å². The lowest BCUT2D eigenvalue weighted by atomic mass is 9.88. The van der Waals surface area contributed by atoms with Crippen molar-refractivity contribution in [1.82, 2.24) is 9.97 Å². The van der Waals surface area contributed by atoms with Gasteiger partial charge in [-0.25, -0.2) is 13.4 Å². The van der Waals surface area contributed by atoms with Gasteiger partial charge in [0.05, 0.1) is 10.6 Å². The van der Waals surface area contributed by atoms with Crippen LogP contribution in [-0.2, 0) is 20.4 Å². The zero-order valence-corrected chi connectivity index (χ0v) is 25.1. The molecule has 4 aromatic carbocycles. The van der Waals surface area contributed by atoms with Crippen LogP contribution >= 0.6 is 0 Å². The molecule has 1 saturated carbocycles. The van der Waals surface area contributed by atoms with Crippen LogP contribution in [0.1, 0.15) is 37.7 Å². The highest BCUT2D eigenvalue weighted by Gasteiger charge is 2.22. The second-order valence-electron chi connectivity index (χ2n) is 11.6. The summed E-state index contributed by atoms with van der Waals surface area (Å²) < 4.78 is 26.4. The highest BCUT2D eigenvalue weighted by Crippen LogP contribution is 2.41. The van der Waals surface area contributed by atoms with E-state index in [-0.39, 0.29) is 17.6 Å². The number of sulfone groups is 1. The third-order valence-corrected chi connectivity index (χ3v) is 10.3. The number of nitrogens with one attached hydrogen (secondary N) is 2. The van der Waals surface area contributed by atoms with E-state index in [4.69, 9.17) is 4.98 Å². The molecule has 0 atom stereocenters. The van der Waals surface area contributed by atoms with Crippen LogP contribution in [0.2, 0.25) is 0 Å². The molecule has 1 aliphatic carbocycles. The number of aromatic nitrogens is 2. The number of nitrogens with zero attached hydrogens (tertiary/aromatic N) is 1. The van der Waals surface area contributed by atoms with Gasteiger partial charge in [-0.15, -0.1) is 0 Å². The number of aromatic amines is 1. The van der Waals surface area contributed by atoms with Crippen LogP contribution < -0.4 is 5.32 Å². The number of carbonyl (C=O) groups excluding carboxylic acids is 1. The lowest BCUT2D eigenvalue weighted by Crippen LogP contribution is -2.24. The first-order valence-electron chi connectivity index (χ1n) is 15.1. The quantitative estimate of drug-likeness (QED) is 0.192. The zero-order chi connectivity index (χ0) is 30.1. The molecular weight excluding hydrogens is 566 g/mol. The Morgan fingerprint density at radius 1 is 0.818 bits per heavy atom. The molecule has 0 aliphatic heterocycles. The van der Waals surface area contributed by atoms with Gasteiger partial charge in [-0.05, 0) is 65.9 Å². The van der Waals surface area contributed by atoms with E-state index in [1.807, 2.05) is 72.9 Å². The SMILES string of the molecule is O=C(Nc1ccc(-c2cnc3[nH]c4ccc(CS(=O)(=O)c5ccccc5)cc4c3c2-c2ccccc2)cc1)C1CCCCC1. The van der Waals surface area contributed by atoms with E-state index in [0.717, 1.165) is 75.6 Å². The number of amides is 1. The molecular formula is C37H33N3O3S. The maximum absolute atomic E-state index is 13.2. The standard InChI is InChI=1S/C37H33N3O3S/c41-37(28-12-6-2-7-13-28)39-29-19-17-26(18-20-29)32-23-38-36-35(34(32)27-10-4-1-5-11-27)31-22-25(16-21-33(31)40-36)24-44(42,43)30-14-8-3-9-15-30/h1,3-5,8-11,14-23,28H,2,6-7,12-13,24H2,(H,38,40)(H,39,41). The molecule has 1 fully saturated rings. The largest absolute Gasteiger partial charge is 0.339 e. The van der Waals surface area contributed by atoms with E-state index in [1.165, 1.54) is 6.42 Å². The van der Waals surface area contributed by atoms with Gasteiger partial charge in [0.25, 0.3) is 0 Å². The number of fused-ring (bicyclic) bond motifs is 3. The van der Waals surface area contributed by atoms with Crippen LogP contribution in [0.4, 0.5) is 5.69 Å². The van der Waals surface area contributed by atoms with Crippen molar-refractivity contribution >= 4 is 43.4 Å². The van der Waals surface area contributed by atoms with Crippen molar-refractivity contribution in [3.63, 3.8) is 0 Å². The van der Waals surface area contributed by atoms with Crippen LogP contribution in [0.25, 0.3) is 44.2 Å². The Morgan fingerprint density at radius 2 is 1.52 bits per heavy atom. The summed E-state index contributed by atoms with van der Waals surface area (Å²) >= 11 is 0. The molecule has 6 aromatic rings. The number of benzene rings is 4. The number of hydrogen-bond acceptors (Lipinski definition) is 4. The summed E-state index contributed by atoms with van der Waals surface area (Å²) in [5.74, 6) is 0.102. The van der Waals surface area contributed by atoms with Crippen LogP contribution in [0, 0.1) is 5.92 Å². The van der Waals surface area contributed by atoms with E-state index in [0.29, 0.717) is 10.5 Å². The van der Waals surface area contributed by atoms with Crippen molar-refractivity contribution in [2.45, 2.75) is 42.8 Å². The fraction of sp³-hybridized carbons (Fsp3) is 0.189. The molecule has 0 bridgehead atoms. The topological polar surface area (TPSA) is 91.9 Å². The van der Waals surface area contributed by atoms with E-state index in [9.17, 15) is 13.2 Å². The minimum Gasteiger partial charge on any atom is -0.339 e. The fourth-order valence-electron chi connectivity index (χ4n) is 6.39. The van der Waals surface area contributed by atoms with Gasteiger partial charge in [-0.3, -0.25) is 4.79 Å². The van der Waals surface area contributed by atoms with Crippen LogP contribution in [0.5, 0.6) is 0 Å². The summed E-state index contributed by atoms with van der Waals surface area (Å²) in [7, 11) is -3.51. The average molecular weight is 600 g/mol. The second-order valence-corrected chi connectivity index (χ2v) is 13.6. The predicted octanol–water partition coefficient (Wildman–Crippen LogP) is 8.54. The first-order valence-corrected chi connectivity index (χ1v) is 16.8. The lowest BCUT2D eigenvalue weighted by molar-refractivity contribution is -0.120. The molecule has 1 amide bonds. The average Bonchev–Trinajstić information content (AvgIpc) is 3.44. The normalized spacial score (nSPS) is 14.2. The number of hydrogen-bond donors (Lipinski definition) is 2. The molecule has 0 radical (unpaired) electrons. The molecule has 6 nitrogen and oxygen atoms in total. The third kappa shape index (κ3) is 5.51. The second kappa shape index (κ2) is 11.7. The molecule has 7 rings (SSSR count). The van der Waals surface area contributed by atoms with Gasteiger partial charge in [-0.2, -0.15) is 0 Å². The molecule has 7 heteroatoms. The summed E-state index contributed by atoms with van der Waals surface area (Å²) in [6.45, 7) is 0. The monoisotopic (exact) mass is 599 g/mol. The molecule has 0 unspecified atom stereocenters. The molecule has 1 aliphatic rings. The molecule has 2 N–H and O–H groups in total. The van der Waals surface area contributed by atoms with Crippen molar-refractivity contribution in [3.05, 3.63) is 115 Å². The first kappa shape index (κ1) is 28.0. The number of carbonyl (C=O) groups is 1. The molecule has 220 valence electrons. The Kier molecular flexibility index (Phi) is 7.48. The fourth-order valence-corrected chi connectivity index (χ4v) is 7.75. The Balaban J connectivity index is 1.30. The van der Waals surface area contributed by atoms with Crippen molar-refractivity contribution in [1.29, 1.82) is 0 Å². The molecule has 44 heavy (non-hydrogen) atoms. The number of H-pyrrole nitrogens is 1. The van der Waals surface area contributed by atoms with E-state index in [2.05, 4.69) is 22.4 Å². The Bertz CT molecular complexity index is 2060. The van der Waals surface area contributed by atoms with Crippen molar-refractivity contribution in [2.75, 3.05) is 5.32 Å². The van der Waals surface area contributed by atoms with E-state index in [1.54, 1.807) is 24.3 Å². The summed E-state index contributed by atoms with van der Waals surface area (Å²) in [5, 5.41) is 4.98. The van der Waals surface area contributed by atoms with Gasteiger partial charge in [0.1, 0.15) is 5.65 Å². The summed E-state index contributed by atoms with van der Waals surface area (Å²) in [5.41, 5.74) is 7.12. The number of anilines is 1. The zero-order valence-electron chi connectivity index (χ0n) is 24.3. The minimum absolute atomic E-state index is 0.0918. The maximum atomic E-state index is 13.2. The number of pyridine rings is 1. The van der Waals surface area contributed by atoms with Gasteiger partial charge in [-0.1, -0.05) is 86.0 Å². The predicted molar refractivity (Wildman–Crippen MR) is 177 cm³/mol. The summed E-state index contributed by atoms with van der Waals surface area (Å²) in [4.78, 5) is 21.4. The van der Waals surface area contributed by atoms with Gasteiger partial charge in [0.15, 0.2) is 9.84 Å². The molecule has 0 spiro atoms. The van der Waals surface area contributed by atoms with E-state index >= 15 is 0 Å².